The average Bonchev–Trinajstić information content (AvgIpc) is 3.35. The molecule has 1 aliphatic rings. The summed E-state index contributed by atoms with van der Waals surface area (Å²) in [5, 5.41) is 5.92. The summed E-state index contributed by atoms with van der Waals surface area (Å²) in [4.78, 5) is 29.1. The number of amides is 3. The third-order valence-corrected chi connectivity index (χ3v) is 5.44. The summed E-state index contributed by atoms with van der Waals surface area (Å²) in [7, 11) is 0. The molecule has 0 aliphatic carbocycles. The van der Waals surface area contributed by atoms with Gasteiger partial charge in [0.25, 0.3) is 5.91 Å². The molecule has 144 valence electrons. The number of fused-ring (bicyclic) bond motifs is 1. The van der Waals surface area contributed by atoms with Crippen molar-refractivity contribution in [3.63, 3.8) is 0 Å². The lowest BCUT2D eigenvalue weighted by Gasteiger charge is -2.20. The molecule has 0 saturated carbocycles. The van der Waals surface area contributed by atoms with E-state index in [1.54, 1.807) is 0 Å². The number of benzene rings is 2. The van der Waals surface area contributed by atoms with Gasteiger partial charge in [-0.3, -0.25) is 9.69 Å². The molecule has 4 rings (SSSR count). The first-order valence-corrected chi connectivity index (χ1v) is 9.68. The van der Waals surface area contributed by atoms with E-state index in [9.17, 15) is 9.59 Å². The van der Waals surface area contributed by atoms with E-state index in [4.69, 9.17) is 0 Å². The van der Waals surface area contributed by atoms with Gasteiger partial charge in [0.2, 0.25) is 0 Å². The van der Waals surface area contributed by atoms with E-state index in [1.807, 2.05) is 42.6 Å². The molecule has 6 nitrogen and oxygen atoms in total. The van der Waals surface area contributed by atoms with Gasteiger partial charge in [-0.2, -0.15) is 0 Å². The van der Waals surface area contributed by atoms with Gasteiger partial charge in [-0.05, 0) is 24.1 Å². The average molecular weight is 377 g/mol. The Hall–Kier alpha value is -3.12. The Morgan fingerprint density at radius 2 is 1.89 bits per heavy atom. The number of hydrogen-bond donors (Lipinski definition) is 3. The van der Waals surface area contributed by atoms with Crippen molar-refractivity contribution >= 4 is 22.8 Å². The molecule has 0 radical (unpaired) electrons. The van der Waals surface area contributed by atoms with E-state index >= 15 is 0 Å². The molecule has 6 heteroatoms. The van der Waals surface area contributed by atoms with Crippen LogP contribution in [0.5, 0.6) is 0 Å². The van der Waals surface area contributed by atoms with Crippen molar-refractivity contribution in [2.45, 2.75) is 18.9 Å². The Morgan fingerprint density at radius 3 is 2.64 bits per heavy atom. The molecule has 2 atom stereocenters. The Kier molecular flexibility index (Phi) is 5.12. The highest BCUT2D eigenvalue weighted by molar-refractivity contribution is 5.97. The molecule has 2 aromatic carbocycles. The second kappa shape index (κ2) is 7.86. The number of carbonyl (C=O) groups is 2. The largest absolute Gasteiger partial charge is 0.361 e. The van der Waals surface area contributed by atoms with E-state index < -0.39 is 0 Å². The first-order valence-electron chi connectivity index (χ1n) is 9.68. The van der Waals surface area contributed by atoms with Gasteiger partial charge in [0.05, 0.1) is 12.5 Å². The molecule has 0 unspecified atom stereocenters. The highest BCUT2D eigenvalue weighted by atomic mass is 16.2. The minimum Gasteiger partial charge on any atom is -0.361 e. The molecule has 3 aromatic rings. The SMILES string of the molecule is C[C@@H]([NH2+]C[C@H](c1ccccc1)c1c[nH]c2ccccc12)C(=O)N1CCNC1=O. The molecule has 1 saturated heterocycles. The minimum atomic E-state index is -0.319. The predicted molar refractivity (Wildman–Crippen MR) is 108 cm³/mol. The Bertz CT molecular complexity index is 982. The van der Waals surface area contributed by atoms with Gasteiger partial charge in [0, 0.05) is 30.2 Å². The first kappa shape index (κ1) is 18.3. The van der Waals surface area contributed by atoms with Crippen molar-refractivity contribution in [3.05, 3.63) is 71.9 Å². The maximum absolute atomic E-state index is 12.6. The molecule has 0 spiro atoms. The number of urea groups is 1. The lowest BCUT2D eigenvalue weighted by Crippen LogP contribution is -2.92. The van der Waals surface area contributed by atoms with Crippen LogP contribution in [0, 0.1) is 0 Å². The summed E-state index contributed by atoms with van der Waals surface area (Å²) in [6.45, 7) is 3.55. The third-order valence-electron chi connectivity index (χ3n) is 5.44. The lowest BCUT2D eigenvalue weighted by molar-refractivity contribution is -0.675. The number of nitrogens with two attached hydrogens (primary N) is 1. The van der Waals surface area contributed by atoms with Crippen molar-refractivity contribution in [3.8, 4) is 0 Å². The van der Waals surface area contributed by atoms with Gasteiger partial charge in [-0.15, -0.1) is 0 Å². The summed E-state index contributed by atoms with van der Waals surface area (Å²) < 4.78 is 0. The van der Waals surface area contributed by atoms with E-state index in [2.05, 4.69) is 40.8 Å². The normalized spacial score (nSPS) is 16.2. The second-order valence-electron chi connectivity index (χ2n) is 7.23. The summed E-state index contributed by atoms with van der Waals surface area (Å²) in [6, 6.07) is 18.0. The molecular weight excluding hydrogens is 352 g/mol. The van der Waals surface area contributed by atoms with Crippen LogP contribution in [0.25, 0.3) is 10.9 Å². The number of nitrogens with zero attached hydrogens (tertiary/aromatic N) is 1. The Balaban J connectivity index is 1.57. The topological polar surface area (TPSA) is 81.8 Å². The van der Waals surface area contributed by atoms with Crippen molar-refractivity contribution in [2.24, 2.45) is 0 Å². The van der Waals surface area contributed by atoms with E-state index in [1.165, 1.54) is 21.4 Å². The van der Waals surface area contributed by atoms with E-state index in [0.29, 0.717) is 19.6 Å². The fraction of sp³-hybridized carbons (Fsp3) is 0.273. The molecule has 1 aliphatic heterocycles. The van der Waals surface area contributed by atoms with Crippen molar-refractivity contribution in [2.75, 3.05) is 19.6 Å². The van der Waals surface area contributed by atoms with E-state index in [0.717, 1.165) is 5.52 Å². The number of H-pyrrole nitrogens is 1. The highest BCUT2D eigenvalue weighted by Crippen LogP contribution is 2.29. The van der Waals surface area contributed by atoms with Crippen LogP contribution in [0.2, 0.25) is 0 Å². The molecule has 1 fully saturated rings. The number of aromatic nitrogens is 1. The Morgan fingerprint density at radius 1 is 1.14 bits per heavy atom. The second-order valence-corrected chi connectivity index (χ2v) is 7.23. The van der Waals surface area contributed by atoms with Crippen LogP contribution in [0.1, 0.15) is 24.0 Å². The fourth-order valence-corrected chi connectivity index (χ4v) is 3.88. The number of rotatable bonds is 6. The van der Waals surface area contributed by atoms with Crippen LogP contribution in [-0.4, -0.2) is 47.5 Å². The molecule has 2 heterocycles. The summed E-state index contributed by atoms with van der Waals surface area (Å²) in [6.07, 6.45) is 2.07. The predicted octanol–water partition coefficient (Wildman–Crippen LogP) is 1.80. The molecule has 28 heavy (non-hydrogen) atoms. The van der Waals surface area contributed by atoms with Gasteiger partial charge >= 0.3 is 6.03 Å². The molecule has 1 aromatic heterocycles. The molecule has 3 amide bonds. The van der Waals surface area contributed by atoms with Crippen LogP contribution in [0.3, 0.4) is 0 Å². The molecule has 4 N–H and O–H groups in total. The lowest BCUT2D eigenvalue weighted by atomic mass is 9.90. The smallest absolute Gasteiger partial charge is 0.324 e. The van der Waals surface area contributed by atoms with E-state index in [-0.39, 0.29) is 23.9 Å². The third kappa shape index (κ3) is 3.51. The maximum atomic E-state index is 12.6. The number of para-hydroxylation sites is 1. The van der Waals surface area contributed by atoms with Gasteiger partial charge in [-0.25, -0.2) is 4.79 Å². The van der Waals surface area contributed by atoms with Crippen molar-refractivity contribution in [1.82, 2.24) is 15.2 Å². The van der Waals surface area contributed by atoms with Crippen molar-refractivity contribution < 1.29 is 14.9 Å². The van der Waals surface area contributed by atoms with Gasteiger partial charge in [0.1, 0.15) is 0 Å². The van der Waals surface area contributed by atoms with Gasteiger partial charge < -0.3 is 15.6 Å². The van der Waals surface area contributed by atoms with Crippen LogP contribution in [0.15, 0.2) is 60.8 Å². The summed E-state index contributed by atoms with van der Waals surface area (Å²) in [5.41, 5.74) is 3.54. The zero-order valence-electron chi connectivity index (χ0n) is 15.9. The van der Waals surface area contributed by atoms with Crippen molar-refractivity contribution in [1.29, 1.82) is 0 Å². The number of nitrogens with one attached hydrogen (secondary N) is 2. The zero-order valence-corrected chi connectivity index (χ0v) is 15.9. The standard InChI is InChI=1S/C22H24N4O2/c1-15(21(27)26-12-11-23-22(26)28)24-13-18(16-7-3-2-4-8-16)19-14-25-20-10-6-5-9-17(19)20/h2-10,14-15,18,24-25H,11-13H2,1H3,(H,23,28)/p+1/t15-,18-/m1/s1. The van der Waals surface area contributed by atoms with Crippen LogP contribution >= 0.6 is 0 Å². The number of aromatic amines is 1. The quantitative estimate of drug-likeness (QED) is 0.612. The first-order chi connectivity index (χ1) is 13.6. The van der Waals surface area contributed by atoms with Crippen LogP contribution < -0.4 is 10.6 Å². The Labute approximate surface area is 163 Å². The highest BCUT2D eigenvalue weighted by Gasteiger charge is 2.32. The summed E-state index contributed by atoms with van der Waals surface area (Å²) >= 11 is 0. The number of imide groups is 1. The minimum absolute atomic E-state index is 0.138. The summed E-state index contributed by atoms with van der Waals surface area (Å²) in [5.74, 6) is 0.000688. The maximum Gasteiger partial charge on any atom is 0.324 e. The fourth-order valence-electron chi connectivity index (χ4n) is 3.88. The van der Waals surface area contributed by atoms with Gasteiger partial charge in [-0.1, -0.05) is 48.5 Å². The van der Waals surface area contributed by atoms with Gasteiger partial charge in [0.15, 0.2) is 6.04 Å². The molecule has 0 bridgehead atoms. The number of quaternary nitrogens is 1. The number of carbonyl (C=O) groups excluding carboxylic acids is 2. The zero-order chi connectivity index (χ0) is 19.5. The molecular formula is C22H25N4O2+. The number of hydrogen-bond acceptors (Lipinski definition) is 2. The van der Waals surface area contributed by atoms with Crippen LogP contribution in [-0.2, 0) is 4.79 Å². The van der Waals surface area contributed by atoms with Crippen LogP contribution in [0.4, 0.5) is 4.79 Å². The monoisotopic (exact) mass is 377 g/mol.